The van der Waals surface area contributed by atoms with E-state index in [0.29, 0.717) is 10.5 Å². The highest BCUT2D eigenvalue weighted by atomic mass is 35.5. The van der Waals surface area contributed by atoms with Gasteiger partial charge in [-0.05, 0) is 19.9 Å². The number of halogens is 2. The molecule has 0 aliphatic rings. The van der Waals surface area contributed by atoms with Gasteiger partial charge in [0, 0.05) is 5.92 Å². The molecule has 2 aromatic rings. The number of nitrogens with zero attached hydrogens (tertiary/aromatic N) is 3. The molecule has 0 aliphatic heterocycles. The second-order valence-electron chi connectivity index (χ2n) is 4.41. The Morgan fingerprint density at radius 1 is 1.50 bits per heavy atom. The van der Waals surface area contributed by atoms with E-state index < -0.39 is 5.67 Å². The zero-order valence-electron chi connectivity index (χ0n) is 9.41. The first-order chi connectivity index (χ1) is 7.41. The second-order valence-corrected chi connectivity index (χ2v) is 4.82. The zero-order chi connectivity index (χ0) is 11.9. The molecule has 0 amide bonds. The van der Waals surface area contributed by atoms with Crippen LogP contribution in [0.25, 0.3) is 5.52 Å². The minimum absolute atomic E-state index is 0.289. The minimum Gasteiger partial charge on any atom is -0.244 e. The highest BCUT2D eigenvalue weighted by Crippen LogP contribution is 2.34. The number of aromatic nitrogens is 3. The summed E-state index contributed by atoms with van der Waals surface area (Å²) in [5, 5.41) is 4.64. The van der Waals surface area contributed by atoms with Gasteiger partial charge in [0.25, 0.3) is 0 Å². The third-order valence-corrected chi connectivity index (χ3v) is 3.20. The van der Waals surface area contributed by atoms with Gasteiger partial charge in [0.15, 0.2) is 0 Å². The van der Waals surface area contributed by atoms with Crippen LogP contribution in [0.15, 0.2) is 18.6 Å². The standard InChI is InChI=1S/C11H13ClFN3/c1-7(11(2,3)13)9-4-8(12)10-5-14-6-15-16(9)10/h4-7H,1-3H3. The molecule has 0 N–H and O–H groups in total. The molecule has 3 nitrogen and oxygen atoms in total. The van der Waals surface area contributed by atoms with Crippen LogP contribution >= 0.6 is 11.6 Å². The van der Waals surface area contributed by atoms with Crippen molar-refractivity contribution in [2.24, 2.45) is 0 Å². The molecule has 86 valence electrons. The van der Waals surface area contributed by atoms with Crippen LogP contribution < -0.4 is 0 Å². The van der Waals surface area contributed by atoms with Gasteiger partial charge in [-0.3, -0.25) is 0 Å². The Morgan fingerprint density at radius 2 is 2.19 bits per heavy atom. The Hall–Kier alpha value is -1.16. The molecule has 0 radical (unpaired) electrons. The fourth-order valence-corrected chi connectivity index (χ4v) is 1.84. The predicted molar refractivity (Wildman–Crippen MR) is 61.6 cm³/mol. The van der Waals surface area contributed by atoms with Crippen molar-refractivity contribution in [3.05, 3.63) is 29.3 Å². The largest absolute Gasteiger partial charge is 0.244 e. The summed E-state index contributed by atoms with van der Waals surface area (Å²) in [5.74, 6) is -0.289. The molecular formula is C11H13ClFN3. The van der Waals surface area contributed by atoms with Crippen LogP contribution in [0, 0.1) is 0 Å². The number of rotatable bonds is 2. The summed E-state index contributed by atoms with van der Waals surface area (Å²) in [6.45, 7) is 4.92. The van der Waals surface area contributed by atoms with Gasteiger partial charge in [0.2, 0.25) is 0 Å². The fourth-order valence-electron chi connectivity index (χ4n) is 1.60. The lowest BCUT2D eigenvalue weighted by molar-refractivity contribution is 0.177. The first kappa shape index (κ1) is 11.3. The van der Waals surface area contributed by atoms with Crippen molar-refractivity contribution in [2.75, 3.05) is 0 Å². The van der Waals surface area contributed by atoms with Gasteiger partial charge in [-0.1, -0.05) is 18.5 Å². The molecule has 2 heterocycles. The maximum atomic E-state index is 13.9. The molecule has 0 aliphatic carbocycles. The highest BCUT2D eigenvalue weighted by molar-refractivity contribution is 6.34. The van der Waals surface area contributed by atoms with Gasteiger partial charge >= 0.3 is 0 Å². The van der Waals surface area contributed by atoms with Crippen LogP contribution in [-0.4, -0.2) is 20.3 Å². The molecule has 0 saturated carbocycles. The number of alkyl halides is 1. The van der Waals surface area contributed by atoms with E-state index >= 15 is 0 Å². The first-order valence-corrected chi connectivity index (χ1v) is 5.45. The second kappa shape index (κ2) is 3.70. The lowest BCUT2D eigenvalue weighted by Gasteiger charge is -2.22. The van der Waals surface area contributed by atoms with E-state index in [4.69, 9.17) is 11.6 Å². The van der Waals surface area contributed by atoms with E-state index in [1.165, 1.54) is 6.33 Å². The van der Waals surface area contributed by atoms with Gasteiger partial charge in [-0.25, -0.2) is 13.9 Å². The van der Waals surface area contributed by atoms with Crippen molar-refractivity contribution < 1.29 is 4.39 Å². The Morgan fingerprint density at radius 3 is 2.81 bits per heavy atom. The van der Waals surface area contributed by atoms with Crippen LogP contribution in [0.5, 0.6) is 0 Å². The number of hydrogen-bond donors (Lipinski definition) is 0. The Bertz CT molecular complexity index is 515. The molecule has 0 fully saturated rings. The van der Waals surface area contributed by atoms with E-state index in [9.17, 15) is 4.39 Å². The van der Waals surface area contributed by atoms with Gasteiger partial charge in [0.1, 0.15) is 17.5 Å². The van der Waals surface area contributed by atoms with E-state index in [-0.39, 0.29) is 5.92 Å². The fraction of sp³-hybridized carbons (Fsp3) is 0.455. The average molecular weight is 242 g/mol. The maximum Gasteiger partial charge on any atom is 0.136 e. The summed E-state index contributed by atoms with van der Waals surface area (Å²) in [5.41, 5.74) is 0.146. The number of hydrogen-bond acceptors (Lipinski definition) is 2. The molecule has 5 heteroatoms. The minimum atomic E-state index is -1.32. The van der Waals surface area contributed by atoms with E-state index in [1.54, 1.807) is 30.6 Å². The number of fused-ring (bicyclic) bond motifs is 1. The third-order valence-electron chi connectivity index (χ3n) is 2.90. The average Bonchev–Trinajstić information content (AvgIpc) is 2.55. The molecule has 0 bridgehead atoms. The zero-order valence-corrected chi connectivity index (χ0v) is 10.2. The van der Waals surface area contributed by atoms with Crippen molar-refractivity contribution in [2.45, 2.75) is 32.4 Å². The highest BCUT2D eigenvalue weighted by Gasteiger charge is 2.29. The normalized spacial score (nSPS) is 14.3. The van der Waals surface area contributed by atoms with Gasteiger partial charge in [-0.2, -0.15) is 5.10 Å². The SMILES string of the molecule is CC(c1cc(Cl)c2cncnn12)C(C)(C)F. The molecule has 16 heavy (non-hydrogen) atoms. The van der Waals surface area contributed by atoms with Crippen molar-refractivity contribution >= 4 is 17.1 Å². The lowest BCUT2D eigenvalue weighted by atomic mass is 9.92. The molecule has 1 unspecified atom stereocenters. The Labute approximate surface area is 98.3 Å². The molecule has 0 saturated heterocycles. The van der Waals surface area contributed by atoms with Crippen molar-refractivity contribution in [1.82, 2.24) is 14.6 Å². The molecule has 2 rings (SSSR count). The van der Waals surface area contributed by atoms with E-state index in [1.807, 2.05) is 6.92 Å². The summed E-state index contributed by atoms with van der Waals surface area (Å²) in [6.07, 6.45) is 3.04. The van der Waals surface area contributed by atoms with Crippen LogP contribution in [0.1, 0.15) is 32.4 Å². The van der Waals surface area contributed by atoms with Gasteiger partial charge < -0.3 is 0 Å². The van der Waals surface area contributed by atoms with Crippen LogP contribution in [0.2, 0.25) is 5.02 Å². The van der Waals surface area contributed by atoms with Crippen molar-refractivity contribution in [1.29, 1.82) is 0 Å². The molecule has 2 aromatic heterocycles. The summed E-state index contributed by atoms with van der Waals surface area (Å²) >= 11 is 6.05. The quantitative estimate of drug-likeness (QED) is 0.808. The summed E-state index contributed by atoms with van der Waals surface area (Å²) in [6, 6.07) is 1.75. The van der Waals surface area contributed by atoms with Crippen LogP contribution in [0.4, 0.5) is 4.39 Å². The Balaban J connectivity index is 2.62. The van der Waals surface area contributed by atoms with Crippen molar-refractivity contribution in [3.63, 3.8) is 0 Å². The lowest BCUT2D eigenvalue weighted by Crippen LogP contribution is -2.22. The molecule has 1 atom stereocenters. The summed E-state index contributed by atoms with van der Waals surface area (Å²) < 4.78 is 15.5. The van der Waals surface area contributed by atoms with Gasteiger partial charge in [0.05, 0.1) is 16.9 Å². The summed E-state index contributed by atoms with van der Waals surface area (Å²) in [4.78, 5) is 3.90. The maximum absolute atomic E-state index is 13.9. The predicted octanol–water partition coefficient (Wildman–Crippen LogP) is 3.23. The third kappa shape index (κ3) is 1.78. The van der Waals surface area contributed by atoms with Gasteiger partial charge in [-0.15, -0.1) is 0 Å². The Kier molecular flexibility index (Phi) is 2.62. The molecular weight excluding hydrogens is 229 g/mol. The molecule has 0 spiro atoms. The summed E-state index contributed by atoms with van der Waals surface area (Å²) in [7, 11) is 0. The van der Waals surface area contributed by atoms with Crippen LogP contribution in [-0.2, 0) is 0 Å². The topological polar surface area (TPSA) is 30.2 Å². The van der Waals surface area contributed by atoms with Crippen LogP contribution in [0.3, 0.4) is 0 Å². The monoisotopic (exact) mass is 241 g/mol. The van der Waals surface area contributed by atoms with Crippen molar-refractivity contribution in [3.8, 4) is 0 Å². The van der Waals surface area contributed by atoms with E-state index in [2.05, 4.69) is 10.1 Å². The van der Waals surface area contributed by atoms with E-state index in [0.717, 1.165) is 5.69 Å². The molecule has 0 aromatic carbocycles. The first-order valence-electron chi connectivity index (χ1n) is 5.07. The smallest absolute Gasteiger partial charge is 0.136 e.